The average Bonchev–Trinajstić information content (AvgIpc) is 3.09. The SMILES string of the molecule is C=C1C[C@]23CC1CC[C@H]2[C@@]12CC[C@@H](O[Si](C)(C)C)C(C)(C(=O)O1)[C@H]2[C@@H]3C(=O)OC. The lowest BCUT2D eigenvalue weighted by atomic mass is 9.59. The summed E-state index contributed by atoms with van der Waals surface area (Å²) in [6.45, 7) is 12.9. The molecule has 1 spiro atoms. The molecule has 5 fully saturated rings. The van der Waals surface area contributed by atoms with Crippen LogP contribution in [0.5, 0.6) is 0 Å². The summed E-state index contributed by atoms with van der Waals surface area (Å²) in [4.78, 5) is 26.7. The van der Waals surface area contributed by atoms with Crippen LogP contribution in [0.3, 0.4) is 0 Å². The van der Waals surface area contributed by atoms with Gasteiger partial charge in [0.15, 0.2) is 8.32 Å². The second-order valence-corrected chi connectivity index (χ2v) is 15.9. The summed E-state index contributed by atoms with van der Waals surface area (Å²) in [5.74, 6) is -0.102. The van der Waals surface area contributed by atoms with Crippen molar-refractivity contribution < 1.29 is 23.5 Å². The maximum absolute atomic E-state index is 13.4. The summed E-state index contributed by atoms with van der Waals surface area (Å²) < 4.78 is 18.3. The Labute approximate surface area is 174 Å². The van der Waals surface area contributed by atoms with Gasteiger partial charge in [-0.2, -0.15) is 0 Å². The molecule has 5 rings (SSSR count). The lowest BCUT2D eigenvalue weighted by Gasteiger charge is -2.47. The number of hydrogen-bond donors (Lipinski definition) is 0. The van der Waals surface area contributed by atoms with Crippen LogP contribution in [0.15, 0.2) is 12.2 Å². The maximum Gasteiger partial charge on any atom is 0.315 e. The van der Waals surface area contributed by atoms with Gasteiger partial charge in [-0.15, -0.1) is 0 Å². The van der Waals surface area contributed by atoms with Crippen LogP contribution in [0.1, 0.15) is 45.4 Å². The van der Waals surface area contributed by atoms with Gasteiger partial charge >= 0.3 is 11.9 Å². The molecule has 0 aromatic rings. The van der Waals surface area contributed by atoms with E-state index in [1.54, 1.807) is 0 Å². The van der Waals surface area contributed by atoms with E-state index in [1.807, 2.05) is 6.92 Å². The molecule has 0 radical (unpaired) electrons. The number of ether oxygens (including phenoxy) is 2. The number of carbonyl (C=O) groups excluding carboxylic acids is 2. The second-order valence-electron chi connectivity index (χ2n) is 11.5. The summed E-state index contributed by atoms with van der Waals surface area (Å²) in [5, 5.41) is 0. The summed E-state index contributed by atoms with van der Waals surface area (Å²) in [7, 11) is -0.390. The first-order valence-electron chi connectivity index (χ1n) is 11.2. The number of rotatable bonds is 3. The Morgan fingerprint density at radius 3 is 2.62 bits per heavy atom. The fourth-order valence-corrected chi connectivity index (χ4v) is 9.57. The van der Waals surface area contributed by atoms with Crippen LogP contribution in [0.4, 0.5) is 0 Å². The highest BCUT2D eigenvalue weighted by Gasteiger charge is 2.83. The molecule has 1 aliphatic heterocycles. The van der Waals surface area contributed by atoms with E-state index in [9.17, 15) is 9.59 Å². The number of esters is 2. The van der Waals surface area contributed by atoms with Gasteiger partial charge < -0.3 is 13.9 Å². The molecule has 6 heteroatoms. The topological polar surface area (TPSA) is 61.8 Å². The van der Waals surface area contributed by atoms with E-state index in [2.05, 4.69) is 26.2 Å². The minimum absolute atomic E-state index is 0.161. The van der Waals surface area contributed by atoms with Crippen molar-refractivity contribution in [1.82, 2.24) is 0 Å². The fourth-order valence-electron chi connectivity index (χ4n) is 8.36. The van der Waals surface area contributed by atoms with Crippen molar-refractivity contribution in [3.8, 4) is 0 Å². The van der Waals surface area contributed by atoms with Gasteiger partial charge in [0.1, 0.15) is 5.60 Å². The first-order valence-corrected chi connectivity index (χ1v) is 14.6. The quantitative estimate of drug-likeness (QED) is 0.393. The molecule has 4 saturated carbocycles. The zero-order valence-electron chi connectivity index (χ0n) is 18.4. The smallest absolute Gasteiger partial charge is 0.315 e. The summed E-state index contributed by atoms with van der Waals surface area (Å²) in [5.41, 5.74) is -0.227. The molecule has 5 aliphatic rings. The molecule has 160 valence electrons. The van der Waals surface area contributed by atoms with Crippen molar-refractivity contribution >= 4 is 20.3 Å². The molecule has 1 heterocycles. The molecule has 4 aliphatic carbocycles. The van der Waals surface area contributed by atoms with Gasteiger partial charge in [-0.05, 0) is 76.4 Å². The van der Waals surface area contributed by atoms with Gasteiger partial charge in [0.2, 0.25) is 0 Å². The lowest BCUT2D eigenvalue weighted by molar-refractivity contribution is -0.163. The van der Waals surface area contributed by atoms with Crippen molar-refractivity contribution in [3.05, 3.63) is 12.2 Å². The third kappa shape index (κ3) is 2.25. The average molecular weight is 419 g/mol. The zero-order chi connectivity index (χ0) is 21.0. The van der Waals surface area contributed by atoms with Crippen LogP contribution in [-0.2, 0) is 23.5 Å². The molecule has 2 unspecified atom stereocenters. The van der Waals surface area contributed by atoms with Gasteiger partial charge in [-0.3, -0.25) is 9.59 Å². The highest BCUT2D eigenvalue weighted by atomic mass is 28.4. The molecule has 5 nitrogen and oxygen atoms in total. The van der Waals surface area contributed by atoms with E-state index in [0.717, 1.165) is 38.5 Å². The molecular formula is C23H34O5Si. The Kier molecular flexibility index (Phi) is 3.93. The summed E-state index contributed by atoms with van der Waals surface area (Å²) in [6.07, 6.45) is 5.40. The Morgan fingerprint density at radius 1 is 1.24 bits per heavy atom. The fraction of sp³-hybridized carbons (Fsp3) is 0.826. The molecule has 0 aromatic carbocycles. The van der Waals surface area contributed by atoms with Crippen LogP contribution < -0.4 is 0 Å². The molecular weight excluding hydrogens is 384 g/mol. The minimum Gasteiger partial charge on any atom is -0.469 e. The van der Waals surface area contributed by atoms with Crippen LogP contribution in [0.2, 0.25) is 19.6 Å². The first-order chi connectivity index (χ1) is 13.5. The van der Waals surface area contributed by atoms with Gasteiger partial charge in [-0.1, -0.05) is 12.2 Å². The second kappa shape index (κ2) is 5.76. The van der Waals surface area contributed by atoms with Crippen LogP contribution >= 0.6 is 0 Å². The number of hydrogen-bond acceptors (Lipinski definition) is 5. The highest BCUT2D eigenvalue weighted by molar-refractivity contribution is 6.69. The Hall–Kier alpha value is -1.14. The normalized spacial score (nSPS) is 50.2. The Balaban J connectivity index is 1.68. The van der Waals surface area contributed by atoms with Crippen molar-refractivity contribution in [1.29, 1.82) is 0 Å². The molecule has 0 amide bonds. The van der Waals surface area contributed by atoms with Gasteiger partial charge in [-0.25, -0.2) is 0 Å². The Morgan fingerprint density at radius 2 is 1.97 bits per heavy atom. The molecule has 1 saturated heterocycles. The molecule has 4 bridgehead atoms. The van der Waals surface area contributed by atoms with E-state index in [-0.39, 0.29) is 41.2 Å². The van der Waals surface area contributed by atoms with Crippen molar-refractivity contribution in [2.45, 2.75) is 76.8 Å². The number of methoxy groups -OCH3 is 1. The van der Waals surface area contributed by atoms with Gasteiger partial charge in [0, 0.05) is 11.8 Å². The maximum atomic E-state index is 13.4. The number of carbonyl (C=O) groups is 2. The third-order valence-electron chi connectivity index (χ3n) is 9.11. The van der Waals surface area contributed by atoms with Gasteiger partial charge in [0.05, 0.1) is 24.5 Å². The minimum atomic E-state index is -1.87. The zero-order valence-corrected chi connectivity index (χ0v) is 19.4. The van der Waals surface area contributed by atoms with Crippen molar-refractivity contribution in [2.75, 3.05) is 7.11 Å². The third-order valence-corrected chi connectivity index (χ3v) is 10.1. The standard InChI is InChI=1S/C23H34O5Si/c1-13-11-22-12-14(13)7-8-15(22)23-10-9-16(28-29(4,5)6)21(2,20(25)27-23)18(23)17(22)19(24)26-3/h14-18H,1,7-12H2,2-6H3/t14?,15-,16-,17-,18-,21?,22+,23-/m1/s1. The molecule has 29 heavy (non-hydrogen) atoms. The number of fused-ring (bicyclic) bond motifs is 1. The molecule has 0 N–H and O–H groups in total. The van der Waals surface area contributed by atoms with E-state index in [0.29, 0.717) is 5.92 Å². The summed E-state index contributed by atoms with van der Waals surface area (Å²) in [6, 6.07) is 0. The first kappa shape index (κ1) is 19.8. The highest BCUT2D eigenvalue weighted by Crippen LogP contribution is 2.78. The number of allylic oxidation sites excluding steroid dienone is 1. The largest absolute Gasteiger partial charge is 0.469 e. The van der Waals surface area contributed by atoms with Gasteiger partial charge in [0.25, 0.3) is 0 Å². The molecule has 0 aromatic heterocycles. The monoisotopic (exact) mass is 418 g/mol. The summed E-state index contributed by atoms with van der Waals surface area (Å²) >= 11 is 0. The van der Waals surface area contributed by atoms with E-state index in [1.165, 1.54) is 12.7 Å². The molecule has 8 atom stereocenters. The van der Waals surface area contributed by atoms with E-state index < -0.39 is 19.3 Å². The van der Waals surface area contributed by atoms with Crippen molar-refractivity contribution in [3.63, 3.8) is 0 Å². The lowest BCUT2D eigenvalue weighted by Crippen LogP contribution is -2.56. The van der Waals surface area contributed by atoms with E-state index in [4.69, 9.17) is 13.9 Å². The predicted octanol–water partition coefficient (Wildman–Crippen LogP) is 4.08. The van der Waals surface area contributed by atoms with E-state index >= 15 is 0 Å². The Bertz CT molecular complexity index is 802. The van der Waals surface area contributed by atoms with Crippen molar-refractivity contribution in [2.24, 2.45) is 34.5 Å². The van der Waals surface area contributed by atoms with Crippen LogP contribution in [0.25, 0.3) is 0 Å². The van der Waals surface area contributed by atoms with Crippen LogP contribution in [-0.4, -0.2) is 39.1 Å². The van der Waals surface area contributed by atoms with Crippen LogP contribution in [0, 0.1) is 34.5 Å². The predicted molar refractivity (Wildman–Crippen MR) is 110 cm³/mol.